The van der Waals surface area contributed by atoms with Crippen LogP contribution in [0.1, 0.15) is 54.9 Å². The number of benzene rings is 4. The van der Waals surface area contributed by atoms with Gasteiger partial charge >= 0.3 is 0 Å². The van der Waals surface area contributed by atoms with Gasteiger partial charge in [0.25, 0.3) is 0 Å². The first-order valence-corrected chi connectivity index (χ1v) is 18.8. The highest BCUT2D eigenvalue weighted by Gasteiger charge is 2.32. The van der Waals surface area contributed by atoms with Crippen LogP contribution in [-0.2, 0) is 32.2 Å². The zero-order chi connectivity index (χ0) is 36.7. The average Bonchev–Trinajstić information content (AvgIpc) is 3.65. The Labute approximate surface area is 336 Å². The Hall–Kier alpha value is -4.70. The standard InChI is InChI=1S/C46H50NO6.HI/c1-6-12-31-15-18-41(50-23-8-3)37(25-31)32-16-19-40(34(26-32)13-7-2)51-24-11-9-10-14-36-35-17-20-42(48-4)46(49-5)39(35)29-47-22-21-33-27-43-44(53-30-52-43)28-38(33)45(36)47;/h6-7,15-20,25-29H,1-2,8-14,21-24,30H2,3-5H3;1H/q+1;/p-1. The second-order valence-electron chi connectivity index (χ2n) is 13.7. The maximum absolute atomic E-state index is 6.44. The molecule has 0 radical (unpaired) electrons. The Morgan fingerprint density at radius 1 is 0.759 bits per heavy atom. The lowest BCUT2D eigenvalue weighted by Crippen LogP contribution is -3.00. The van der Waals surface area contributed by atoms with Gasteiger partial charge in [-0.1, -0.05) is 31.2 Å². The largest absolute Gasteiger partial charge is 1.00 e. The smallest absolute Gasteiger partial charge is 0.231 e. The van der Waals surface area contributed by atoms with E-state index in [0.29, 0.717) is 13.2 Å². The number of allylic oxidation sites excluding steroid dienone is 2. The first-order valence-electron chi connectivity index (χ1n) is 18.8. The van der Waals surface area contributed by atoms with E-state index in [9.17, 15) is 0 Å². The predicted molar refractivity (Wildman–Crippen MR) is 211 cm³/mol. The second-order valence-corrected chi connectivity index (χ2v) is 13.7. The van der Waals surface area contributed by atoms with Crippen molar-refractivity contribution >= 4 is 10.8 Å². The monoisotopic (exact) mass is 839 g/mol. The van der Waals surface area contributed by atoms with Gasteiger partial charge in [0.1, 0.15) is 11.5 Å². The summed E-state index contributed by atoms with van der Waals surface area (Å²) in [5, 5.41) is 2.25. The summed E-state index contributed by atoms with van der Waals surface area (Å²) < 4.78 is 38.1. The highest BCUT2D eigenvalue weighted by molar-refractivity contribution is 5.95. The zero-order valence-electron chi connectivity index (χ0n) is 31.7. The molecule has 1 aromatic heterocycles. The molecule has 0 unspecified atom stereocenters. The molecule has 0 N–H and O–H groups in total. The first-order chi connectivity index (χ1) is 26.1. The van der Waals surface area contributed by atoms with Crippen LogP contribution in [-0.4, -0.2) is 34.2 Å². The third kappa shape index (κ3) is 8.04. The van der Waals surface area contributed by atoms with Crippen LogP contribution in [0.25, 0.3) is 33.2 Å². The van der Waals surface area contributed by atoms with E-state index in [1.54, 1.807) is 14.2 Å². The van der Waals surface area contributed by atoms with Crippen LogP contribution in [0, 0.1) is 0 Å². The number of rotatable bonds is 17. The van der Waals surface area contributed by atoms with Crippen molar-refractivity contribution in [3.8, 4) is 56.9 Å². The molecule has 0 aliphatic carbocycles. The normalized spacial score (nSPS) is 12.4. The van der Waals surface area contributed by atoms with Gasteiger partial charge in [0.05, 0.1) is 38.4 Å². The quantitative estimate of drug-likeness (QED) is 0.0445. The van der Waals surface area contributed by atoms with Crippen molar-refractivity contribution in [2.45, 2.75) is 64.8 Å². The van der Waals surface area contributed by atoms with Gasteiger partial charge in [-0.25, -0.2) is 0 Å². The number of nitrogens with zero attached hydrogens (tertiary/aromatic N) is 1. The Morgan fingerprint density at radius 2 is 1.54 bits per heavy atom. The van der Waals surface area contributed by atoms with E-state index in [4.69, 9.17) is 28.4 Å². The molecule has 5 aromatic rings. The van der Waals surface area contributed by atoms with Crippen molar-refractivity contribution < 1.29 is 57.0 Å². The van der Waals surface area contributed by atoms with Gasteiger partial charge in [0, 0.05) is 22.9 Å². The van der Waals surface area contributed by atoms with E-state index in [1.165, 1.54) is 33.3 Å². The molecular formula is C46H50INO6. The molecule has 0 saturated heterocycles. The molecule has 8 heteroatoms. The Balaban J connectivity index is 0.00000497. The topological polar surface area (TPSA) is 59.3 Å². The third-order valence-corrected chi connectivity index (χ3v) is 10.2. The molecule has 7 rings (SSSR count). The van der Waals surface area contributed by atoms with Crippen molar-refractivity contribution in [2.75, 3.05) is 34.2 Å². The van der Waals surface area contributed by atoms with E-state index < -0.39 is 0 Å². The van der Waals surface area contributed by atoms with Crippen LogP contribution in [0.15, 0.2) is 92.2 Å². The van der Waals surface area contributed by atoms with Gasteiger partial charge in [-0.3, -0.25) is 0 Å². The number of pyridine rings is 1. The summed E-state index contributed by atoms with van der Waals surface area (Å²) >= 11 is 0. The summed E-state index contributed by atoms with van der Waals surface area (Å²) in [7, 11) is 3.40. The summed E-state index contributed by atoms with van der Waals surface area (Å²) in [5.41, 5.74) is 9.60. The Morgan fingerprint density at radius 3 is 2.31 bits per heavy atom. The number of fused-ring (bicyclic) bond motifs is 5. The molecule has 0 amide bonds. The van der Waals surface area contributed by atoms with Gasteiger partial charge < -0.3 is 52.4 Å². The number of aromatic nitrogens is 1. The molecule has 7 nitrogen and oxygen atoms in total. The van der Waals surface area contributed by atoms with E-state index >= 15 is 0 Å². The predicted octanol–water partition coefficient (Wildman–Crippen LogP) is 6.80. The Bertz CT molecular complexity index is 2140. The summed E-state index contributed by atoms with van der Waals surface area (Å²) in [6.45, 7) is 12.5. The molecule has 2 aliphatic heterocycles. The first kappa shape index (κ1) is 39.0. The summed E-state index contributed by atoms with van der Waals surface area (Å²) in [6, 6.07) is 21.4. The average molecular weight is 840 g/mol. The fraction of sp³-hybridized carbons (Fsp3) is 0.326. The fourth-order valence-electron chi connectivity index (χ4n) is 7.66. The van der Waals surface area contributed by atoms with Crippen molar-refractivity contribution in [1.29, 1.82) is 0 Å². The number of hydrogen-bond acceptors (Lipinski definition) is 6. The summed E-state index contributed by atoms with van der Waals surface area (Å²) in [4.78, 5) is 0. The second kappa shape index (κ2) is 18.1. The van der Waals surface area contributed by atoms with Crippen molar-refractivity contribution in [1.82, 2.24) is 0 Å². The lowest BCUT2D eigenvalue weighted by atomic mass is 9.89. The highest BCUT2D eigenvalue weighted by Crippen LogP contribution is 2.44. The van der Waals surface area contributed by atoms with Crippen LogP contribution in [0.2, 0.25) is 0 Å². The van der Waals surface area contributed by atoms with Crippen LogP contribution in [0.5, 0.6) is 34.5 Å². The molecular weight excluding hydrogens is 789 g/mol. The van der Waals surface area contributed by atoms with E-state index in [0.717, 1.165) is 114 Å². The SMILES string of the molecule is C=CCc1ccc(OCCC)c(-c2ccc(OCCCCCc3c4[n+](cc5c(OC)c(OC)ccc35)CCc3cc5c(cc3-4)OCO5)c(CC=C)c2)c1.[I-]. The summed E-state index contributed by atoms with van der Waals surface area (Å²) in [6.07, 6.45) is 13.4. The van der Waals surface area contributed by atoms with Crippen LogP contribution in [0.4, 0.5) is 0 Å². The molecule has 0 fully saturated rings. The van der Waals surface area contributed by atoms with E-state index in [1.807, 2.05) is 18.2 Å². The lowest BCUT2D eigenvalue weighted by Gasteiger charge is -2.21. The van der Waals surface area contributed by atoms with Crippen molar-refractivity contribution in [2.24, 2.45) is 0 Å². The lowest BCUT2D eigenvalue weighted by molar-refractivity contribution is -0.686. The number of aryl methyl sites for hydroxylation is 3. The minimum absolute atomic E-state index is 0. The Kier molecular flexibility index (Phi) is 13.1. The van der Waals surface area contributed by atoms with Crippen LogP contribution in [0.3, 0.4) is 0 Å². The number of halogens is 1. The number of methoxy groups -OCH3 is 2. The fourth-order valence-corrected chi connectivity index (χ4v) is 7.66. The van der Waals surface area contributed by atoms with Gasteiger partial charge in [0.2, 0.25) is 12.5 Å². The number of hydrogen-bond donors (Lipinski definition) is 0. The van der Waals surface area contributed by atoms with Gasteiger partial charge in [-0.05, 0) is 116 Å². The van der Waals surface area contributed by atoms with E-state index in [-0.39, 0.29) is 30.8 Å². The molecule has 54 heavy (non-hydrogen) atoms. The molecule has 0 spiro atoms. The highest BCUT2D eigenvalue weighted by atomic mass is 127. The molecule has 3 heterocycles. The molecule has 4 aromatic carbocycles. The third-order valence-electron chi connectivity index (χ3n) is 10.2. The molecule has 0 bridgehead atoms. The summed E-state index contributed by atoms with van der Waals surface area (Å²) in [5.74, 6) is 4.95. The number of ether oxygens (including phenoxy) is 6. The van der Waals surface area contributed by atoms with Crippen LogP contribution >= 0.6 is 0 Å². The zero-order valence-corrected chi connectivity index (χ0v) is 33.8. The van der Waals surface area contributed by atoms with E-state index in [2.05, 4.69) is 85.4 Å². The van der Waals surface area contributed by atoms with Gasteiger partial charge in [-0.2, -0.15) is 4.57 Å². The van der Waals surface area contributed by atoms with Crippen LogP contribution < -0.4 is 57.0 Å². The van der Waals surface area contributed by atoms with Gasteiger partial charge in [-0.15, -0.1) is 13.2 Å². The molecule has 2 aliphatic rings. The van der Waals surface area contributed by atoms with Gasteiger partial charge in [0.15, 0.2) is 35.7 Å². The minimum atomic E-state index is 0. The minimum Gasteiger partial charge on any atom is -1.00 e. The van der Waals surface area contributed by atoms with Crippen molar-refractivity contribution in [3.63, 3.8) is 0 Å². The molecule has 282 valence electrons. The molecule has 0 saturated carbocycles. The maximum atomic E-state index is 6.44. The number of unbranched alkanes of at least 4 members (excludes halogenated alkanes) is 2. The maximum Gasteiger partial charge on any atom is 0.231 e. The molecule has 0 atom stereocenters. The van der Waals surface area contributed by atoms with Crippen molar-refractivity contribution in [3.05, 3.63) is 114 Å².